The van der Waals surface area contributed by atoms with Gasteiger partial charge < -0.3 is 4.90 Å². The number of hydrogen-bond acceptors (Lipinski definition) is 4. The maximum absolute atomic E-state index is 4.95. The van der Waals surface area contributed by atoms with Gasteiger partial charge in [-0.1, -0.05) is 19.1 Å². The fraction of sp³-hybridized carbons (Fsp3) is 0.350. The summed E-state index contributed by atoms with van der Waals surface area (Å²) in [6, 6.07) is 12.3. The Morgan fingerprint density at radius 2 is 1.79 bits per heavy atom. The summed E-state index contributed by atoms with van der Waals surface area (Å²) in [5, 5.41) is 1.14. The molecule has 3 heterocycles. The molecule has 1 aliphatic heterocycles. The Morgan fingerprint density at radius 3 is 2.67 bits per heavy atom. The Hall–Kier alpha value is -2.49. The molecular formula is C20H22N4. The van der Waals surface area contributed by atoms with Gasteiger partial charge in [-0.15, -0.1) is 0 Å². The third-order valence-electron chi connectivity index (χ3n) is 4.84. The van der Waals surface area contributed by atoms with Crippen LogP contribution < -0.4 is 4.90 Å². The maximum Gasteiger partial charge on any atom is 0.162 e. The van der Waals surface area contributed by atoms with E-state index in [4.69, 9.17) is 9.97 Å². The standard InChI is InChI=1S/C20H22N4/c1-15-5-4-13-24(14-10-15)20-17-6-2-3-7-18(17)22-19(23-20)16-8-11-21-12-9-16/h2-3,6-9,11-12,15H,4-5,10,13-14H2,1H3/t15-/m1/s1. The van der Waals surface area contributed by atoms with Gasteiger partial charge in [-0.05, 0) is 49.4 Å². The van der Waals surface area contributed by atoms with Crippen molar-refractivity contribution >= 4 is 16.7 Å². The Bertz CT molecular complexity index is 831. The van der Waals surface area contributed by atoms with Gasteiger partial charge in [0.2, 0.25) is 0 Å². The van der Waals surface area contributed by atoms with Crippen LogP contribution in [0.3, 0.4) is 0 Å². The van der Waals surface area contributed by atoms with Crippen LogP contribution in [0.2, 0.25) is 0 Å². The van der Waals surface area contributed by atoms with E-state index in [2.05, 4.69) is 35.0 Å². The molecule has 4 rings (SSSR count). The number of pyridine rings is 1. The van der Waals surface area contributed by atoms with Crippen molar-refractivity contribution < 1.29 is 0 Å². The van der Waals surface area contributed by atoms with E-state index < -0.39 is 0 Å². The fourth-order valence-corrected chi connectivity index (χ4v) is 3.41. The van der Waals surface area contributed by atoms with Crippen LogP contribution >= 0.6 is 0 Å². The van der Waals surface area contributed by atoms with Crippen molar-refractivity contribution in [3.05, 3.63) is 48.8 Å². The van der Waals surface area contributed by atoms with Gasteiger partial charge in [0.05, 0.1) is 5.52 Å². The summed E-state index contributed by atoms with van der Waals surface area (Å²) in [7, 11) is 0. The minimum absolute atomic E-state index is 0.781. The lowest BCUT2D eigenvalue weighted by Gasteiger charge is -2.23. The lowest BCUT2D eigenvalue weighted by Crippen LogP contribution is -2.25. The van der Waals surface area contributed by atoms with E-state index in [0.29, 0.717) is 0 Å². The molecule has 122 valence electrons. The summed E-state index contributed by atoms with van der Waals surface area (Å²) in [4.78, 5) is 16.3. The summed E-state index contributed by atoms with van der Waals surface area (Å²) in [5.41, 5.74) is 2.02. The fourth-order valence-electron chi connectivity index (χ4n) is 3.41. The first-order chi connectivity index (χ1) is 11.8. The predicted octanol–water partition coefficient (Wildman–Crippen LogP) is 4.32. The quantitative estimate of drug-likeness (QED) is 0.706. The molecule has 3 aromatic rings. The van der Waals surface area contributed by atoms with Crippen LogP contribution in [0.15, 0.2) is 48.8 Å². The van der Waals surface area contributed by atoms with E-state index in [1.165, 1.54) is 19.3 Å². The maximum atomic E-state index is 4.95. The van der Waals surface area contributed by atoms with E-state index in [1.807, 2.05) is 18.2 Å². The summed E-state index contributed by atoms with van der Waals surface area (Å²) in [6.45, 7) is 4.49. The number of para-hydroxylation sites is 1. The highest BCUT2D eigenvalue weighted by atomic mass is 15.2. The van der Waals surface area contributed by atoms with Crippen LogP contribution in [0, 0.1) is 5.92 Å². The molecular weight excluding hydrogens is 296 g/mol. The lowest BCUT2D eigenvalue weighted by molar-refractivity contribution is 0.521. The molecule has 1 fully saturated rings. The molecule has 0 spiro atoms. The monoisotopic (exact) mass is 318 g/mol. The van der Waals surface area contributed by atoms with Crippen LogP contribution in [-0.2, 0) is 0 Å². The van der Waals surface area contributed by atoms with Crippen molar-refractivity contribution in [1.82, 2.24) is 15.0 Å². The summed E-state index contributed by atoms with van der Waals surface area (Å²) >= 11 is 0. The van der Waals surface area contributed by atoms with Crippen LogP contribution in [0.5, 0.6) is 0 Å². The first-order valence-electron chi connectivity index (χ1n) is 8.73. The summed E-state index contributed by atoms with van der Waals surface area (Å²) < 4.78 is 0. The van der Waals surface area contributed by atoms with Crippen molar-refractivity contribution in [2.45, 2.75) is 26.2 Å². The van der Waals surface area contributed by atoms with E-state index >= 15 is 0 Å². The third kappa shape index (κ3) is 2.96. The molecule has 24 heavy (non-hydrogen) atoms. The van der Waals surface area contributed by atoms with Crippen molar-refractivity contribution in [1.29, 1.82) is 0 Å². The highest BCUT2D eigenvalue weighted by Crippen LogP contribution is 2.29. The number of anilines is 1. The SMILES string of the molecule is C[C@@H]1CCCN(c2nc(-c3ccncc3)nc3ccccc23)CC1. The molecule has 1 saturated heterocycles. The van der Waals surface area contributed by atoms with Crippen LogP contribution in [-0.4, -0.2) is 28.0 Å². The zero-order valence-electron chi connectivity index (χ0n) is 14.0. The number of rotatable bonds is 2. The number of benzene rings is 1. The average Bonchev–Trinajstić information content (AvgIpc) is 2.86. The molecule has 1 aromatic carbocycles. The topological polar surface area (TPSA) is 41.9 Å². The third-order valence-corrected chi connectivity index (χ3v) is 4.84. The summed E-state index contributed by atoms with van der Waals surface area (Å²) in [5.74, 6) is 2.65. The van der Waals surface area contributed by atoms with E-state index in [-0.39, 0.29) is 0 Å². The molecule has 0 saturated carbocycles. The molecule has 4 heteroatoms. The number of nitrogens with zero attached hydrogens (tertiary/aromatic N) is 4. The molecule has 0 amide bonds. The number of aromatic nitrogens is 3. The Balaban J connectivity index is 1.83. The minimum Gasteiger partial charge on any atom is -0.356 e. The Labute approximate surface area is 142 Å². The summed E-state index contributed by atoms with van der Waals surface area (Å²) in [6.07, 6.45) is 7.34. The van der Waals surface area contributed by atoms with Gasteiger partial charge in [0.15, 0.2) is 5.82 Å². The van der Waals surface area contributed by atoms with Gasteiger partial charge in [-0.25, -0.2) is 9.97 Å². The number of hydrogen-bond donors (Lipinski definition) is 0. The first kappa shape index (κ1) is 15.1. The van der Waals surface area contributed by atoms with Gasteiger partial charge in [-0.2, -0.15) is 0 Å². The molecule has 0 bridgehead atoms. The molecule has 0 N–H and O–H groups in total. The second-order valence-corrected chi connectivity index (χ2v) is 6.65. The highest BCUT2D eigenvalue weighted by molar-refractivity contribution is 5.91. The molecule has 1 atom stereocenters. The second-order valence-electron chi connectivity index (χ2n) is 6.65. The zero-order valence-corrected chi connectivity index (χ0v) is 14.0. The van der Waals surface area contributed by atoms with Gasteiger partial charge in [0, 0.05) is 36.4 Å². The van der Waals surface area contributed by atoms with Crippen molar-refractivity contribution in [2.75, 3.05) is 18.0 Å². The van der Waals surface area contributed by atoms with Gasteiger partial charge in [0.1, 0.15) is 5.82 Å². The van der Waals surface area contributed by atoms with E-state index in [1.54, 1.807) is 12.4 Å². The first-order valence-corrected chi connectivity index (χ1v) is 8.73. The number of fused-ring (bicyclic) bond motifs is 1. The molecule has 0 unspecified atom stereocenters. The molecule has 2 aromatic heterocycles. The van der Waals surface area contributed by atoms with Crippen LogP contribution in [0.1, 0.15) is 26.2 Å². The van der Waals surface area contributed by atoms with Crippen molar-refractivity contribution in [2.24, 2.45) is 5.92 Å². The molecule has 0 aliphatic carbocycles. The highest BCUT2D eigenvalue weighted by Gasteiger charge is 2.19. The van der Waals surface area contributed by atoms with Gasteiger partial charge in [0.25, 0.3) is 0 Å². The smallest absolute Gasteiger partial charge is 0.162 e. The van der Waals surface area contributed by atoms with Gasteiger partial charge in [-0.3, -0.25) is 4.98 Å². The van der Waals surface area contributed by atoms with Crippen LogP contribution in [0.4, 0.5) is 5.82 Å². The van der Waals surface area contributed by atoms with Gasteiger partial charge >= 0.3 is 0 Å². The second kappa shape index (κ2) is 6.56. The van der Waals surface area contributed by atoms with Crippen molar-refractivity contribution in [3.8, 4) is 11.4 Å². The van der Waals surface area contributed by atoms with E-state index in [0.717, 1.165) is 47.1 Å². The average molecular weight is 318 g/mol. The molecule has 4 nitrogen and oxygen atoms in total. The van der Waals surface area contributed by atoms with Crippen molar-refractivity contribution in [3.63, 3.8) is 0 Å². The largest absolute Gasteiger partial charge is 0.356 e. The van der Waals surface area contributed by atoms with E-state index in [9.17, 15) is 0 Å². The normalized spacial score (nSPS) is 18.5. The molecule has 1 aliphatic rings. The Kier molecular flexibility index (Phi) is 4.11. The Morgan fingerprint density at radius 1 is 0.958 bits per heavy atom. The van der Waals surface area contributed by atoms with Crippen LogP contribution in [0.25, 0.3) is 22.3 Å². The zero-order chi connectivity index (χ0) is 16.4. The lowest BCUT2D eigenvalue weighted by atomic mass is 10.0. The molecule has 0 radical (unpaired) electrons. The minimum atomic E-state index is 0.781. The predicted molar refractivity (Wildman–Crippen MR) is 98.0 cm³/mol.